The Kier molecular flexibility index (Phi) is 5.69. The highest BCUT2D eigenvalue weighted by Gasteiger charge is 2.33. The highest BCUT2D eigenvalue weighted by atomic mass is 16.5. The lowest BCUT2D eigenvalue weighted by atomic mass is 9.74. The molecule has 2 aliphatic rings. The van der Waals surface area contributed by atoms with Gasteiger partial charge in [-0.05, 0) is 56.1 Å². The summed E-state index contributed by atoms with van der Waals surface area (Å²) in [6.45, 7) is 4.60. The van der Waals surface area contributed by atoms with Crippen molar-refractivity contribution in [2.45, 2.75) is 96.2 Å². The van der Waals surface area contributed by atoms with Crippen LogP contribution in [0.5, 0.6) is 0 Å². The first-order chi connectivity index (χ1) is 12.8. The van der Waals surface area contributed by atoms with Crippen LogP contribution in [0.15, 0.2) is 24.4 Å². The molecule has 4 rings (SSSR count). The van der Waals surface area contributed by atoms with Crippen LogP contribution in [0.2, 0.25) is 0 Å². The SMILES string of the molecule is CCc1cccc2c(C(C3CCCCC3)C(C)OC3CCCC3)c[nH]c12. The first-order valence-corrected chi connectivity index (χ1v) is 11.0. The second-order valence-corrected chi connectivity index (χ2v) is 8.61. The highest BCUT2D eigenvalue weighted by molar-refractivity contribution is 5.86. The standard InChI is InChI=1S/C24H35NO/c1-3-18-12-9-15-21-22(16-25-24(18)21)23(19-10-5-4-6-11-19)17(2)26-20-13-7-8-14-20/h9,12,15-17,19-20,23,25H,3-8,10-11,13-14H2,1-2H3. The number of aryl methyl sites for hydroxylation is 1. The summed E-state index contributed by atoms with van der Waals surface area (Å²) in [7, 11) is 0. The summed E-state index contributed by atoms with van der Waals surface area (Å²) in [6.07, 6.45) is 16.3. The Morgan fingerprint density at radius 2 is 1.77 bits per heavy atom. The van der Waals surface area contributed by atoms with Gasteiger partial charge in [-0.15, -0.1) is 0 Å². The van der Waals surface area contributed by atoms with Crippen molar-refractivity contribution >= 4 is 10.9 Å². The van der Waals surface area contributed by atoms with E-state index >= 15 is 0 Å². The Labute approximate surface area is 158 Å². The Balaban J connectivity index is 1.67. The number of hydrogen-bond acceptors (Lipinski definition) is 1. The van der Waals surface area contributed by atoms with Gasteiger partial charge in [-0.1, -0.05) is 57.2 Å². The summed E-state index contributed by atoms with van der Waals surface area (Å²) in [5.74, 6) is 1.29. The quantitative estimate of drug-likeness (QED) is 0.611. The monoisotopic (exact) mass is 353 g/mol. The average molecular weight is 354 g/mol. The van der Waals surface area contributed by atoms with Crippen LogP contribution in [-0.4, -0.2) is 17.2 Å². The molecule has 0 spiro atoms. The van der Waals surface area contributed by atoms with Crippen LogP contribution in [0.25, 0.3) is 10.9 Å². The molecule has 2 aromatic rings. The second kappa shape index (κ2) is 8.17. The molecule has 142 valence electrons. The number of aromatic amines is 1. The van der Waals surface area contributed by atoms with Crippen LogP contribution in [0.3, 0.4) is 0 Å². The lowest BCUT2D eigenvalue weighted by Gasteiger charge is -2.35. The third-order valence-electron chi connectivity index (χ3n) is 6.95. The number of nitrogens with one attached hydrogen (secondary N) is 1. The molecule has 1 heterocycles. The predicted octanol–water partition coefficient (Wildman–Crippen LogP) is 6.74. The van der Waals surface area contributed by atoms with Crippen LogP contribution in [0.1, 0.15) is 88.7 Å². The summed E-state index contributed by atoms with van der Waals surface area (Å²) in [5.41, 5.74) is 4.28. The highest BCUT2D eigenvalue weighted by Crippen LogP contribution is 2.43. The van der Waals surface area contributed by atoms with Gasteiger partial charge >= 0.3 is 0 Å². The maximum absolute atomic E-state index is 6.64. The molecule has 2 saturated carbocycles. The van der Waals surface area contributed by atoms with E-state index in [2.05, 4.69) is 43.2 Å². The van der Waals surface area contributed by atoms with Gasteiger partial charge in [-0.2, -0.15) is 0 Å². The van der Waals surface area contributed by atoms with E-state index in [4.69, 9.17) is 4.74 Å². The summed E-state index contributed by atoms with van der Waals surface area (Å²) in [4.78, 5) is 3.62. The molecule has 1 aromatic heterocycles. The van der Waals surface area contributed by atoms with Crippen molar-refractivity contribution in [1.29, 1.82) is 0 Å². The molecule has 2 atom stereocenters. The van der Waals surface area contributed by atoms with Crippen LogP contribution in [0, 0.1) is 5.92 Å². The van der Waals surface area contributed by atoms with E-state index < -0.39 is 0 Å². The van der Waals surface area contributed by atoms with Crippen molar-refractivity contribution in [1.82, 2.24) is 4.98 Å². The zero-order chi connectivity index (χ0) is 17.9. The van der Waals surface area contributed by atoms with Gasteiger partial charge in [0.1, 0.15) is 0 Å². The first-order valence-electron chi connectivity index (χ1n) is 11.0. The molecule has 0 saturated heterocycles. The van der Waals surface area contributed by atoms with Gasteiger partial charge < -0.3 is 9.72 Å². The summed E-state index contributed by atoms with van der Waals surface area (Å²) < 4.78 is 6.64. The topological polar surface area (TPSA) is 25.0 Å². The van der Waals surface area contributed by atoms with Crippen molar-refractivity contribution in [2.24, 2.45) is 5.92 Å². The summed E-state index contributed by atoms with van der Waals surface area (Å²) in [5, 5.41) is 1.43. The van der Waals surface area contributed by atoms with Crippen molar-refractivity contribution in [3.8, 4) is 0 Å². The van der Waals surface area contributed by atoms with Gasteiger partial charge in [0.15, 0.2) is 0 Å². The number of aromatic nitrogens is 1. The molecule has 26 heavy (non-hydrogen) atoms. The third-order valence-corrected chi connectivity index (χ3v) is 6.95. The minimum atomic E-state index is 0.311. The molecular weight excluding hydrogens is 318 g/mol. The molecule has 1 N–H and O–H groups in total. The fourth-order valence-electron chi connectivity index (χ4n) is 5.61. The second-order valence-electron chi connectivity index (χ2n) is 8.61. The molecule has 0 radical (unpaired) electrons. The van der Waals surface area contributed by atoms with Crippen molar-refractivity contribution in [2.75, 3.05) is 0 Å². The number of rotatable bonds is 6. The fraction of sp³-hybridized carbons (Fsp3) is 0.667. The number of para-hydroxylation sites is 1. The molecule has 0 amide bonds. The van der Waals surface area contributed by atoms with E-state index in [1.807, 2.05) is 0 Å². The van der Waals surface area contributed by atoms with Crippen molar-refractivity contribution < 1.29 is 4.74 Å². The number of fused-ring (bicyclic) bond motifs is 1. The molecule has 2 fully saturated rings. The normalized spacial score (nSPS) is 22.1. The van der Waals surface area contributed by atoms with E-state index in [0.29, 0.717) is 18.1 Å². The molecule has 1 aromatic carbocycles. The van der Waals surface area contributed by atoms with Crippen LogP contribution in [-0.2, 0) is 11.2 Å². The molecule has 2 unspecified atom stereocenters. The average Bonchev–Trinajstić information content (AvgIpc) is 3.33. The molecule has 2 nitrogen and oxygen atoms in total. The number of ether oxygens (including phenoxy) is 1. The predicted molar refractivity (Wildman–Crippen MR) is 110 cm³/mol. The minimum Gasteiger partial charge on any atom is -0.375 e. The van der Waals surface area contributed by atoms with Gasteiger partial charge in [0.25, 0.3) is 0 Å². The Bertz CT molecular complexity index is 706. The lowest BCUT2D eigenvalue weighted by molar-refractivity contribution is -0.0255. The van der Waals surface area contributed by atoms with Crippen molar-refractivity contribution in [3.05, 3.63) is 35.5 Å². The summed E-state index contributed by atoms with van der Waals surface area (Å²) in [6, 6.07) is 6.81. The molecule has 0 aliphatic heterocycles. The molecule has 2 aliphatic carbocycles. The lowest BCUT2D eigenvalue weighted by Crippen LogP contribution is -2.30. The van der Waals surface area contributed by atoms with E-state index in [9.17, 15) is 0 Å². The van der Waals surface area contributed by atoms with Gasteiger partial charge in [0.05, 0.1) is 12.2 Å². The van der Waals surface area contributed by atoms with Gasteiger partial charge in [-0.3, -0.25) is 0 Å². The minimum absolute atomic E-state index is 0.311. The maximum atomic E-state index is 6.64. The van der Waals surface area contributed by atoms with Gasteiger partial charge in [0, 0.05) is 23.0 Å². The van der Waals surface area contributed by atoms with E-state index in [1.54, 1.807) is 0 Å². The Hall–Kier alpha value is -1.28. The smallest absolute Gasteiger partial charge is 0.0622 e. The third kappa shape index (κ3) is 3.58. The Morgan fingerprint density at radius 1 is 1.04 bits per heavy atom. The number of H-pyrrole nitrogens is 1. The van der Waals surface area contributed by atoms with Gasteiger partial charge in [-0.25, -0.2) is 0 Å². The van der Waals surface area contributed by atoms with Crippen LogP contribution < -0.4 is 0 Å². The number of benzene rings is 1. The molecule has 2 heteroatoms. The van der Waals surface area contributed by atoms with Crippen LogP contribution in [0.4, 0.5) is 0 Å². The molecular formula is C24H35NO. The maximum Gasteiger partial charge on any atom is 0.0622 e. The summed E-state index contributed by atoms with van der Waals surface area (Å²) >= 11 is 0. The van der Waals surface area contributed by atoms with Gasteiger partial charge in [0.2, 0.25) is 0 Å². The zero-order valence-corrected chi connectivity index (χ0v) is 16.6. The van der Waals surface area contributed by atoms with E-state index in [-0.39, 0.29) is 0 Å². The fourth-order valence-corrected chi connectivity index (χ4v) is 5.61. The number of hydrogen-bond donors (Lipinski definition) is 1. The Morgan fingerprint density at radius 3 is 2.50 bits per heavy atom. The largest absolute Gasteiger partial charge is 0.375 e. The van der Waals surface area contributed by atoms with E-state index in [0.717, 1.165) is 12.3 Å². The zero-order valence-electron chi connectivity index (χ0n) is 16.6. The first kappa shape index (κ1) is 18.1. The molecule has 0 bridgehead atoms. The van der Waals surface area contributed by atoms with E-state index in [1.165, 1.54) is 79.8 Å². The van der Waals surface area contributed by atoms with Crippen LogP contribution >= 0.6 is 0 Å². The van der Waals surface area contributed by atoms with Crippen molar-refractivity contribution in [3.63, 3.8) is 0 Å².